The molecular formula is C16H19NO4. The highest BCUT2D eigenvalue weighted by atomic mass is 16.7. The van der Waals surface area contributed by atoms with E-state index in [9.17, 15) is 9.90 Å². The topological polar surface area (TPSA) is 59.0 Å². The van der Waals surface area contributed by atoms with Crippen molar-refractivity contribution in [1.29, 1.82) is 0 Å². The van der Waals surface area contributed by atoms with Crippen molar-refractivity contribution in [2.24, 2.45) is 5.92 Å². The molecule has 0 aromatic heterocycles. The number of aliphatic hydroxyl groups is 1. The predicted molar refractivity (Wildman–Crippen MR) is 74.9 cm³/mol. The second-order valence-corrected chi connectivity index (χ2v) is 6.16. The monoisotopic (exact) mass is 289 g/mol. The van der Waals surface area contributed by atoms with Crippen LogP contribution >= 0.6 is 0 Å². The molecule has 0 bridgehead atoms. The largest absolute Gasteiger partial charge is 0.454 e. The molecule has 3 atom stereocenters. The molecule has 4 rings (SSSR count). The van der Waals surface area contributed by atoms with E-state index in [1.165, 1.54) is 0 Å². The molecule has 0 radical (unpaired) electrons. The van der Waals surface area contributed by atoms with Gasteiger partial charge in [0.15, 0.2) is 11.5 Å². The van der Waals surface area contributed by atoms with Gasteiger partial charge in [-0.25, -0.2) is 0 Å². The Kier molecular flexibility index (Phi) is 3.03. The number of hydrogen-bond acceptors (Lipinski definition) is 4. The summed E-state index contributed by atoms with van der Waals surface area (Å²) in [5, 5.41) is 10.3. The Balaban J connectivity index is 1.57. The zero-order valence-corrected chi connectivity index (χ0v) is 11.8. The molecule has 1 aliphatic carbocycles. The summed E-state index contributed by atoms with van der Waals surface area (Å²) < 4.78 is 10.7. The molecule has 3 aliphatic rings. The molecule has 1 N–H and O–H groups in total. The summed E-state index contributed by atoms with van der Waals surface area (Å²) in [4.78, 5) is 14.1. The maximum absolute atomic E-state index is 12.3. The lowest BCUT2D eigenvalue weighted by Gasteiger charge is -2.35. The van der Waals surface area contributed by atoms with Gasteiger partial charge in [-0.2, -0.15) is 0 Å². The summed E-state index contributed by atoms with van der Waals surface area (Å²) in [5.74, 6) is 1.96. The minimum Gasteiger partial charge on any atom is -0.454 e. The lowest BCUT2D eigenvalue weighted by atomic mass is 9.83. The molecule has 2 heterocycles. The fourth-order valence-electron chi connectivity index (χ4n) is 3.87. The Hall–Kier alpha value is -1.75. The minimum absolute atomic E-state index is 0.0170. The van der Waals surface area contributed by atoms with Gasteiger partial charge in [-0.3, -0.25) is 4.79 Å². The third kappa shape index (κ3) is 2.16. The Morgan fingerprint density at radius 3 is 3.00 bits per heavy atom. The average Bonchev–Trinajstić information content (AvgIpc) is 3.04. The van der Waals surface area contributed by atoms with Crippen molar-refractivity contribution in [3.8, 4) is 11.5 Å². The average molecular weight is 289 g/mol. The Morgan fingerprint density at radius 2 is 2.10 bits per heavy atom. The minimum atomic E-state index is -0.385. The van der Waals surface area contributed by atoms with Crippen molar-refractivity contribution in [3.63, 3.8) is 0 Å². The maximum atomic E-state index is 12.3. The van der Waals surface area contributed by atoms with E-state index in [1.54, 1.807) is 0 Å². The van der Waals surface area contributed by atoms with Crippen LogP contribution in [0.4, 0.5) is 0 Å². The number of fused-ring (bicyclic) bond motifs is 2. The molecule has 0 spiro atoms. The number of carbonyl (C=O) groups excluding carboxylic acids is 1. The van der Waals surface area contributed by atoms with Gasteiger partial charge in [0.05, 0.1) is 12.1 Å². The van der Waals surface area contributed by atoms with E-state index in [2.05, 4.69) is 0 Å². The molecule has 5 heteroatoms. The first-order valence-electron chi connectivity index (χ1n) is 7.58. The first-order chi connectivity index (χ1) is 10.2. The molecule has 2 fully saturated rings. The number of rotatable bonds is 2. The summed E-state index contributed by atoms with van der Waals surface area (Å²) in [6.45, 7) is 0.790. The van der Waals surface area contributed by atoms with Crippen molar-refractivity contribution in [2.75, 3.05) is 6.79 Å². The van der Waals surface area contributed by atoms with Crippen LogP contribution < -0.4 is 9.47 Å². The van der Waals surface area contributed by atoms with E-state index in [1.807, 2.05) is 23.1 Å². The summed E-state index contributed by atoms with van der Waals surface area (Å²) in [5.41, 5.74) is 1.02. The van der Waals surface area contributed by atoms with Crippen LogP contribution in [0.2, 0.25) is 0 Å². The highest BCUT2D eigenvalue weighted by Gasteiger charge is 2.45. The van der Waals surface area contributed by atoms with Gasteiger partial charge in [0.1, 0.15) is 0 Å². The van der Waals surface area contributed by atoms with Crippen molar-refractivity contribution in [3.05, 3.63) is 23.8 Å². The number of benzene rings is 1. The molecule has 1 aromatic carbocycles. The highest BCUT2D eigenvalue weighted by Crippen LogP contribution is 2.39. The van der Waals surface area contributed by atoms with E-state index < -0.39 is 0 Å². The quantitative estimate of drug-likeness (QED) is 0.900. The molecule has 1 saturated heterocycles. The van der Waals surface area contributed by atoms with Gasteiger partial charge in [0, 0.05) is 13.0 Å². The smallest absolute Gasteiger partial charge is 0.231 e. The van der Waals surface area contributed by atoms with E-state index in [-0.39, 0.29) is 24.8 Å². The third-order valence-corrected chi connectivity index (χ3v) is 4.86. The number of nitrogens with zero attached hydrogens (tertiary/aromatic N) is 1. The number of aliphatic hydroxyl groups excluding tert-OH is 1. The van der Waals surface area contributed by atoms with Gasteiger partial charge in [-0.1, -0.05) is 12.5 Å². The highest BCUT2D eigenvalue weighted by molar-refractivity contribution is 5.79. The van der Waals surface area contributed by atoms with E-state index in [0.717, 1.165) is 36.3 Å². The number of ether oxygens (including phenoxy) is 2. The van der Waals surface area contributed by atoms with Gasteiger partial charge in [0.25, 0.3) is 0 Å². The second kappa shape index (κ2) is 4.91. The molecule has 112 valence electrons. The zero-order valence-electron chi connectivity index (χ0n) is 11.8. The third-order valence-electron chi connectivity index (χ3n) is 4.86. The van der Waals surface area contributed by atoms with Crippen LogP contribution in [0, 0.1) is 5.92 Å². The Bertz CT molecular complexity index is 573. The second-order valence-electron chi connectivity index (χ2n) is 6.16. The lowest BCUT2D eigenvalue weighted by Crippen LogP contribution is -2.45. The molecule has 1 amide bonds. The van der Waals surface area contributed by atoms with Crippen LogP contribution in [0.15, 0.2) is 18.2 Å². The Morgan fingerprint density at radius 1 is 1.24 bits per heavy atom. The van der Waals surface area contributed by atoms with Gasteiger partial charge >= 0.3 is 0 Å². The number of hydrogen-bond donors (Lipinski definition) is 1. The zero-order chi connectivity index (χ0) is 14.4. The predicted octanol–water partition coefficient (Wildman–Crippen LogP) is 1.68. The summed E-state index contributed by atoms with van der Waals surface area (Å²) in [6.07, 6.45) is 3.06. The SMILES string of the molecule is O=C1C[C@H]2CCCC(O)[C@H]2N1Cc1ccc2c(c1)OCO2. The fraction of sp³-hybridized carbons (Fsp3) is 0.562. The van der Waals surface area contributed by atoms with Gasteiger partial charge in [-0.05, 0) is 36.5 Å². The van der Waals surface area contributed by atoms with E-state index >= 15 is 0 Å². The molecule has 1 saturated carbocycles. The molecule has 1 aromatic rings. The van der Waals surface area contributed by atoms with Gasteiger partial charge in [0.2, 0.25) is 12.7 Å². The number of amides is 1. The van der Waals surface area contributed by atoms with Crippen molar-refractivity contribution >= 4 is 5.91 Å². The first kappa shape index (κ1) is 13.0. The van der Waals surface area contributed by atoms with Crippen molar-refractivity contribution in [1.82, 2.24) is 4.90 Å². The van der Waals surface area contributed by atoms with Gasteiger partial charge < -0.3 is 19.5 Å². The maximum Gasteiger partial charge on any atom is 0.231 e. The normalized spacial score (nSPS) is 30.6. The molecular weight excluding hydrogens is 270 g/mol. The van der Waals surface area contributed by atoms with Crippen LogP contribution in [0.1, 0.15) is 31.2 Å². The van der Waals surface area contributed by atoms with Crippen LogP contribution in [-0.2, 0) is 11.3 Å². The molecule has 5 nitrogen and oxygen atoms in total. The van der Waals surface area contributed by atoms with Crippen LogP contribution in [-0.4, -0.2) is 34.9 Å². The first-order valence-corrected chi connectivity index (χ1v) is 7.58. The van der Waals surface area contributed by atoms with Crippen LogP contribution in [0.3, 0.4) is 0 Å². The van der Waals surface area contributed by atoms with Gasteiger partial charge in [-0.15, -0.1) is 0 Å². The van der Waals surface area contributed by atoms with Crippen LogP contribution in [0.25, 0.3) is 0 Å². The molecule has 2 aliphatic heterocycles. The molecule has 1 unspecified atom stereocenters. The van der Waals surface area contributed by atoms with E-state index in [4.69, 9.17) is 9.47 Å². The Labute approximate surface area is 123 Å². The summed E-state index contributed by atoms with van der Waals surface area (Å²) >= 11 is 0. The lowest BCUT2D eigenvalue weighted by molar-refractivity contribution is -0.131. The summed E-state index contributed by atoms with van der Waals surface area (Å²) in [7, 11) is 0. The standard InChI is InChI=1S/C16H19NO4/c18-12-3-1-2-11-7-15(19)17(16(11)12)8-10-4-5-13-14(6-10)21-9-20-13/h4-6,11-12,16,18H,1-3,7-9H2/t11-,12?,16+/m1/s1. The molecule has 21 heavy (non-hydrogen) atoms. The van der Waals surface area contributed by atoms with Crippen LogP contribution in [0.5, 0.6) is 11.5 Å². The fourth-order valence-corrected chi connectivity index (χ4v) is 3.87. The summed E-state index contributed by atoms with van der Waals surface area (Å²) in [6, 6.07) is 5.76. The van der Waals surface area contributed by atoms with Crippen molar-refractivity contribution < 1.29 is 19.4 Å². The number of likely N-dealkylation sites (tertiary alicyclic amines) is 1. The van der Waals surface area contributed by atoms with Crippen molar-refractivity contribution in [2.45, 2.75) is 44.4 Å². The van der Waals surface area contributed by atoms with E-state index in [0.29, 0.717) is 18.9 Å². The number of carbonyl (C=O) groups is 1.